The molecule has 2 saturated carbocycles. The molecule has 1 aromatic heterocycles. The van der Waals surface area contributed by atoms with Crippen LogP contribution in [0.15, 0.2) is 54.1 Å². The fourth-order valence-corrected chi connectivity index (χ4v) is 9.61. The lowest BCUT2D eigenvalue weighted by Crippen LogP contribution is -2.51. The third-order valence-electron chi connectivity index (χ3n) is 10.4. The van der Waals surface area contributed by atoms with Gasteiger partial charge in [0.2, 0.25) is 0 Å². The summed E-state index contributed by atoms with van der Waals surface area (Å²) in [6.07, 6.45) is 10.4. The standard InChI is InChI=1S/C31H36N2OS/c1-30-14-12-22(34)16-21(30)10-11-24-25(30)13-15-31(2)26(24)17-27-28(31)33-29(35-27)32-18-20-8-5-7-19-6-3-4-9-23(19)20/h3-10,22,24-26,34H,11-18H2,1-2H3,(H,32,33)/t22-,24+,25-,26-,30-,31-/m0/s1. The number of hydrogen-bond donors (Lipinski definition) is 2. The Bertz CT molecular complexity index is 1320. The highest BCUT2D eigenvalue weighted by Gasteiger charge is 2.58. The number of allylic oxidation sites excluding steroid dienone is 1. The predicted molar refractivity (Wildman–Crippen MR) is 145 cm³/mol. The van der Waals surface area contributed by atoms with Crippen molar-refractivity contribution in [3.8, 4) is 0 Å². The van der Waals surface area contributed by atoms with Crippen LogP contribution in [0.5, 0.6) is 0 Å². The second kappa shape index (κ2) is 7.91. The third kappa shape index (κ3) is 3.29. The molecule has 2 aromatic carbocycles. The average molecular weight is 485 g/mol. The van der Waals surface area contributed by atoms with E-state index in [4.69, 9.17) is 4.98 Å². The second-order valence-corrected chi connectivity index (χ2v) is 13.2. The van der Waals surface area contributed by atoms with Crippen LogP contribution in [0.3, 0.4) is 0 Å². The third-order valence-corrected chi connectivity index (χ3v) is 11.5. The van der Waals surface area contributed by atoms with Gasteiger partial charge in [-0.2, -0.15) is 0 Å². The molecule has 2 N–H and O–H groups in total. The normalized spacial score (nSPS) is 35.6. The Balaban J connectivity index is 1.13. The van der Waals surface area contributed by atoms with E-state index >= 15 is 0 Å². The molecule has 0 spiro atoms. The van der Waals surface area contributed by atoms with Crippen LogP contribution in [0, 0.1) is 23.2 Å². The van der Waals surface area contributed by atoms with Crippen LogP contribution in [0.2, 0.25) is 0 Å². The van der Waals surface area contributed by atoms with Gasteiger partial charge in [-0.1, -0.05) is 68.0 Å². The summed E-state index contributed by atoms with van der Waals surface area (Å²) < 4.78 is 0. The minimum absolute atomic E-state index is 0.123. The quantitative estimate of drug-likeness (QED) is 0.385. The van der Waals surface area contributed by atoms with E-state index in [0.29, 0.717) is 11.3 Å². The van der Waals surface area contributed by atoms with Gasteiger partial charge in [0.25, 0.3) is 0 Å². The summed E-state index contributed by atoms with van der Waals surface area (Å²) in [4.78, 5) is 6.77. The van der Waals surface area contributed by atoms with Gasteiger partial charge in [0, 0.05) is 16.8 Å². The highest BCUT2D eigenvalue weighted by molar-refractivity contribution is 7.15. The number of nitrogens with one attached hydrogen (secondary N) is 1. The molecular weight excluding hydrogens is 448 g/mol. The van der Waals surface area contributed by atoms with Crippen LogP contribution in [-0.2, 0) is 18.4 Å². The molecular formula is C31H36N2OS. The van der Waals surface area contributed by atoms with E-state index in [9.17, 15) is 5.11 Å². The Hall–Kier alpha value is -2.17. The number of aliphatic hydroxyl groups is 1. The van der Waals surface area contributed by atoms with Crippen LogP contribution < -0.4 is 5.32 Å². The van der Waals surface area contributed by atoms with Gasteiger partial charge >= 0.3 is 0 Å². The van der Waals surface area contributed by atoms with Crippen molar-refractivity contribution >= 4 is 27.2 Å². The smallest absolute Gasteiger partial charge is 0.183 e. The van der Waals surface area contributed by atoms with E-state index in [1.54, 1.807) is 5.57 Å². The van der Waals surface area contributed by atoms with Crippen molar-refractivity contribution < 1.29 is 5.11 Å². The Morgan fingerprint density at radius 1 is 1.00 bits per heavy atom. The van der Waals surface area contributed by atoms with Crippen LogP contribution in [0.4, 0.5) is 5.13 Å². The summed E-state index contributed by atoms with van der Waals surface area (Å²) >= 11 is 1.90. The van der Waals surface area contributed by atoms with Crippen molar-refractivity contribution in [2.24, 2.45) is 23.2 Å². The Kier molecular flexibility index (Phi) is 4.99. The lowest BCUT2D eigenvalue weighted by Gasteiger charge is -2.57. The highest BCUT2D eigenvalue weighted by atomic mass is 32.1. The zero-order chi connectivity index (χ0) is 23.8. The zero-order valence-corrected chi connectivity index (χ0v) is 21.7. The van der Waals surface area contributed by atoms with E-state index in [2.05, 4.69) is 67.7 Å². The fraction of sp³-hybridized carbons (Fsp3) is 0.516. The molecule has 4 heteroatoms. The number of nitrogens with zero attached hydrogens (tertiary/aromatic N) is 1. The van der Waals surface area contributed by atoms with Crippen molar-refractivity contribution in [3.63, 3.8) is 0 Å². The molecule has 0 unspecified atom stereocenters. The number of rotatable bonds is 3. The van der Waals surface area contributed by atoms with E-state index in [1.165, 1.54) is 52.6 Å². The molecule has 0 bridgehead atoms. The average Bonchev–Trinajstić information content (AvgIpc) is 3.40. The summed E-state index contributed by atoms with van der Waals surface area (Å²) in [5.74, 6) is 2.24. The maximum absolute atomic E-state index is 10.3. The van der Waals surface area contributed by atoms with Crippen LogP contribution >= 0.6 is 11.3 Å². The topological polar surface area (TPSA) is 45.2 Å². The van der Waals surface area contributed by atoms with Gasteiger partial charge in [-0.05, 0) is 84.5 Å². The molecule has 0 radical (unpaired) electrons. The number of hydrogen-bond acceptors (Lipinski definition) is 4. The SMILES string of the molecule is C[C@]12CC[C@H](O)CC1=CC[C@@H]1[C@@H]2CC[C@]2(C)c3nc(NCc4cccc5ccccc45)sc3C[C@@H]12. The van der Waals surface area contributed by atoms with Gasteiger partial charge < -0.3 is 10.4 Å². The molecule has 2 fully saturated rings. The van der Waals surface area contributed by atoms with Gasteiger partial charge in [0.05, 0.1) is 11.8 Å². The number of aromatic nitrogens is 1. The van der Waals surface area contributed by atoms with E-state index in [1.807, 2.05) is 11.3 Å². The van der Waals surface area contributed by atoms with Gasteiger partial charge in [0.15, 0.2) is 5.13 Å². The molecule has 4 aliphatic carbocycles. The molecule has 4 aliphatic rings. The molecule has 1 heterocycles. The lowest BCUT2D eigenvalue weighted by atomic mass is 9.48. The van der Waals surface area contributed by atoms with Crippen molar-refractivity contribution in [1.29, 1.82) is 0 Å². The van der Waals surface area contributed by atoms with Crippen LogP contribution in [0.25, 0.3) is 10.8 Å². The van der Waals surface area contributed by atoms with Gasteiger partial charge in [-0.25, -0.2) is 4.98 Å². The van der Waals surface area contributed by atoms with E-state index < -0.39 is 0 Å². The van der Waals surface area contributed by atoms with Crippen molar-refractivity contribution in [3.05, 3.63) is 70.2 Å². The predicted octanol–water partition coefficient (Wildman–Crippen LogP) is 7.25. The van der Waals surface area contributed by atoms with Gasteiger partial charge in [-0.3, -0.25) is 0 Å². The van der Waals surface area contributed by atoms with E-state index in [-0.39, 0.29) is 11.5 Å². The maximum Gasteiger partial charge on any atom is 0.183 e. The first kappa shape index (κ1) is 22.1. The number of thiazole rings is 1. The molecule has 3 nitrogen and oxygen atoms in total. The number of benzene rings is 2. The second-order valence-electron chi connectivity index (χ2n) is 12.1. The fourth-order valence-electron chi connectivity index (χ4n) is 8.46. The van der Waals surface area contributed by atoms with Crippen molar-refractivity contribution in [2.75, 3.05) is 5.32 Å². The minimum atomic E-state index is -0.123. The van der Waals surface area contributed by atoms with Crippen LogP contribution in [0.1, 0.15) is 68.5 Å². The summed E-state index contributed by atoms with van der Waals surface area (Å²) in [7, 11) is 0. The summed E-state index contributed by atoms with van der Waals surface area (Å²) in [5.41, 5.74) is 4.80. The molecule has 3 aromatic rings. The molecule has 0 saturated heterocycles. The van der Waals surface area contributed by atoms with E-state index in [0.717, 1.165) is 42.8 Å². The molecule has 182 valence electrons. The first-order valence-corrected chi connectivity index (χ1v) is 14.4. The molecule has 35 heavy (non-hydrogen) atoms. The van der Waals surface area contributed by atoms with Crippen molar-refractivity contribution in [2.45, 2.75) is 76.9 Å². The van der Waals surface area contributed by atoms with Gasteiger partial charge in [0.1, 0.15) is 0 Å². The first-order chi connectivity index (χ1) is 17.0. The Labute approximate surface area is 212 Å². The lowest BCUT2D eigenvalue weighted by molar-refractivity contribution is -0.0169. The minimum Gasteiger partial charge on any atom is -0.393 e. The summed E-state index contributed by atoms with van der Waals surface area (Å²) in [6, 6.07) is 15.2. The maximum atomic E-state index is 10.3. The summed E-state index contributed by atoms with van der Waals surface area (Å²) in [5, 5.41) is 17.7. The first-order valence-electron chi connectivity index (χ1n) is 13.5. The van der Waals surface area contributed by atoms with Gasteiger partial charge in [-0.15, -0.1) is 11.3 Å². The Morgan fingerprint density at radius 2 is 1.83 bits per heavy atom. The van der Waals surface area contributed by atoms with Crippen molar-refractivity contribution in [1.82, 2.24) is 4.98 Å². The monoisotopic (exact) mass is 484 g/mol. The number of fused-ring (bicyclic) bond motifs is 8. The highest BCUT2D eigenvalue weighted by Crippen LogP contribution is 2.64. The zero-order valence-electron chi connectivity index (χ0n) is 20.9. The summed E-state index contributed by atoms with van der Waals surface area (Å²) in [6.45, 7) is 5.85. The molecule has 7 rings (SSSR count). The molecule has 6 atom stereocenters. The molecule has 0 amide bonds. The van der Waals surface area contributed by atoms with Crippen LogP contribution in [-0.4, -0.2) is 16.2 Å². The number of aliphatic hydroxyl groups excluding tert-OH is 1. The Morgan fingerprint density at radius 3 is 2.74 bits per heavy atom. The molecule has 0 aliphatic heterocycles. The number of anilines is 1. The largest absolute Gasteiger partial charge is 0.393 e.